The maximum atomic E-state index is 12.4. The Hall–Kier alpha value is -2.42. The van der Waals surface area contributed by atoms with Crippen LogP contribution in [0.1, 0.15) is 21.5 Å². The van der Waals surface area contributed by atoms with Gasteiger partial charge in [0.25, 0.3) is 10.0 Å². The Bertz CT molecular complexity index is 811. The lowest BCUT2D eigenvalue weighted by Gasteiger charge is -2.11. The van der Waals surface area contributed by atoms with Crippen molar-refractivity contribution in [3.05, 3.63) is 35.2 Å². The van der Waals surface area contributed by atoms with Crippen LogP contribution in [-0.2, 0) is 17.1 Å². The van der Waals surface area contributed by atoms with E-state index >= 15 is 0 Å². The van der Waals surface area contributed by atoms with Gasteiger partial charge < -0.3 is 5.11 Å². The number of aryl methyl sites for hydroxylation is 3. The Balaban J connectivity index is 2.52. The third-order valence-corrected chi connectivity index (χ3v) is 4.45. The monoisotopic (exact) mass is 310 g/mol. The quantitative estimate of drug-likeness (QED) is 0.868. The second kappa shape index (κ2) is 5.17. The maximum absolute atomic E-state index is 12.4. The van der Waals surface area contributed by atoms with Crippen LogP contribution in [0.15, 0.2) is 23.4 Å². The van der Waals surface area contributed by atoms with Gasteiger partial charge in [-0.3, -0.25) is 0 Å². The Morgan fingerprint density at radius 2 is 1.95 bits per heavy atom. The van der Waals surface area contributed by atoms with E-state index in [2.05, 4.69) is 14.8 Å². The Kier molecular flexibility index (Phi) is 3.69. The highest BCUT2D eigenvalue weighted by atomic mass is 32.2. The van der Waals surface area contributed by atoms with Crippen LogP contribution in [0.3, 0.4) is 0 Å². The lowest BCUT2D eigenvalue weighted by Crippen LogP contribution is -2.18. The first-order valence-electron chi connectivity index (χ1n) is 5.93. The largest absolute Gasteiger partial charge is 0.478 e. The summed E-state index contributed by atoms with van der Waals surface area (Å²) in [5.74, 6) is -1.13. The third-order valence-electron chi connectivity index (χ3n) is 2.98. The Morgan fingerprint density at radius 1 is 1.29 bits per heavy atom. The normalized spacial score (nSPS) is 11.4. The van der Waals surface area contributed by atoms with Gasteiger partial charge in [-0.05, 0) is 31.0 Å². The molecule has 2 aromatic rings. The molecule has 0 saturated carbocycles. The first-order valence-corrected chi connectivity index (χ1v) is 7.42. The van der Waals surface area contributed by atoms with Gasteiger partial charge in [0.05, 0.1) is 10.5 Å². The number of carboxylic acids is 1. The Labute approximate surface area is 121 Å². The summed E-state index contributed by atoms with van der Waals surface area (Å²) in [7, 11) is -2.41. The van der Waals surface area contributed by atoms with E-state index < -0.39 is 16.0 Å². The standard InChI is InChI=1S/C12H14N4O4S/c1-7-4-8(2)10(5-9(7)11(17)18)21(19,20)15-12-13-6-14-16(12)3/h4-6H,1-3H3,(H,17,18)(H,13,14,15). The number of anilines is 1. The molecule has 0 aliphatic heterocycles. The van der Waals surface area contributed by atoms with Crippen molar-refractivity contribution in [2.45, 2.75) is 18.7 Å². The molecular weight excluding hydrogens is 296 g/mol. The average Bonchev–Trinajstić information content (AvgIpc) is 2.73. The summed E-state index contributed by atoms with van der Waals surface area (Å²) in [4.78, 5) is 14.8. The SMILES string of the molecule is Cc1cc(C)c(S(=O)(=O)Nc2ncnn2C)cc1C(=O)O. The summed E-state index contributed by atoms with van der Waals surface area (Å²) < 4.78 is 28.3. The predicted octanol–water partition coefficient (Wildman–Crippen LogP) is 0.931. The minimum Gasteiger partial charge on any atom is -0.478 e. The van der Waals surface area contributed by atoms with Crippen molar-refractivity contribution in [1.29, 1.82) is 0 Å². The molecule has 21 heavy (non-hydrogen) atoms. The van der Waals surface area contributed by atoms with E-state index in [9.17, 15) is 13.2 Å². The molecule has 112 valence electrons. The van der Waals surface area contributed by atoms with Crippen LogP contribution in [0.2, 0.25) is 0 Å². The molecule has 0 aliphatic rings. The number of hydrogen-bond donors (Lipinski definition) is 2. The van der Waals surface area contributed by atoms with E-state index in [4.69, 9.17) is 5.11 Å². The molecule has 0 bridgehead atoms. The second-order valence-corrected chi connectivity index (χ2v) is 6.20. The summed E-state index contributed by atoms with van der Waals surface area (Å²) >= 11 is 0. The highest BCUT2D eigenvalue weighted by molar-refractivity contribution is 7.92. The van der Waals surface area contributed by atoms with Crippen molar-refractivity contribution in [2.24, 2.45) is 7.05 Å². The van der Waals surface area contributed by atoms with E-state index in [0.29, 0.717) is 11.1 Å². The van der Waals surface area contributed by atoms with E-state index in [-0.39, 0.29) is 16.4 Å². The molecule has 0 unspecified atom stereocenters. The summed E-state index contributed by atoms with van der Waals surface area (Å²) in [6.07, 6.45) is 1.21. The first-order chi connectivity index (χ1) is 9.72. The number of nitrogens with one attached hydrogen (secondary N) is 1. The summed E-state index contributed by atoms with van der Waals surface area (Å²) in [5, 5.41) is 12.9. The predicted molar refractivity (Wildman–Crippen MR) is 74.7 cm³/mol. The fourth-order valence-corrected chi connectivity index (χ4v) is 3.21. The molecular formula is C12H14N4O4S. The van der Waals surface area contributed by atoms with Gasteiger partial charge in [0.15, 0.2) is 0 Å². The molecule has 2 N–H and O–H groups in total. The highest BCUT2D eigenvalue weighted by Crippen LogP contribution is 2.22. The second-order valence-electron chi connectivity index (χ2n) is 4.55. The van der Waals surface area contributed by atoms with Crippen LogP contribution in [0.25, 0.3) is 0 Å². The van der Waals surface area contributed by atoms with Crippen LogP contribution < -0.4 is 4.72 Å². The molecule has 9 heteroatoms. The van der Waals surface area contributed by atoms with Crippen molar-refractivity contribution in [3.63, 3.8) is 0 Å². The van der Waals surface area contributed by atoms with Crippen LogP contribution in [-0.4, -0.2) is 34.3 Å². The zero-order valence-electron chi connectivity index (χ0n) is 11.7. The molecule has 1 aromatic carbocycles. The summed E-state index contributed by atoms with van der Waals surface area (Å²) in [6.45, 7) is 3.22. The summed E-state index contributed by atoms with van der Waals surface area (Å²) in [6, 6.07) is 2.67. The van der Waals surface area contributed by atoms with Gasteiger partial charge in [0.2, 0.25) is 5.95 Å². The number of rotatable bonds is 4. The fourth-order valence-electron chi connectivity index (χ4n) is 1.92. The number of carbonyl (C=O) groups is 1. The zero-order chi connectivity index (χ0) is 15.8. The van der Waals surface area contributed by atoms with Gasteiger partial charge >= 0.3 is 5.97 Å². The molecule has 0 fully saturated rings. The lowest BCUT2D eigenvalue weighted by atomic mass is 10.1. The molecule has 0 amide bonds. The molecule has 1 aromatic heterocycles. The molecule has 8 nitrogen and oxygen atoms in total. The first kappa shape index (κ1) is 15.0. The van der Waals surface area contributed by atoms with Gasteiger partial charge in [0.1, 0.15) is 6.33 Å². The minimum absolute atomic E-state index is 0.0480. The maximum Gasteiger partial charge on any atom is 0.335 e. The van der Waals surface area contributed by atoms with Crippen molar-refractivity contribution in [1.82, 2.24) is 14.8 Å². The molecule has 1 heterocycles. The van der Waals surface area contributed by atoms with Crippen LogP contribution in [0.5, 0.6) is 0 Å². The van der Waals surface area contributed by atoms with Crippen LogP contribution in [0.4, 0.5) is 5.95 Å². The zero-order valence-corrected chi connectivity index (χ0v) is 12.5. The Morgan fingerprint density at radius 3 is 2.48 bits per heavy atom. The molecule has 0 spiro atoms. The lowest BCUT2D eigenvalue weighted by molar-refractivity contribution is 0.0696. The highest BCUT2D eigenvalue weighted by Gasteiger charge is 2.22. The smallest absolute Gasteiger partial charge is 0.335 e. The van der Waals surface area contributed by atoms with Crippen LogP contribution >= 0.6 is 0 Å². The topological polar surface area (TPSA) is 114 Å². The van der Waals surface area contributed by atoms with Crippen molar-refractivity contribution in [2.75, 3.05) is 4.72 Å². The number of hydrogen-bond acceptors (Lipinski definition) is 5. The number of benzene rings is 1. The van der Waals surface area contributed by atoms with Crippen LogP contribution in [0, 0.1) is 13.8 Å². The average molecular weight is 310 g/mol. The van der Waals surface area contributed by atoms with E-state index in [1.54, 1.807) is 13.8 Å². The van der Waals surface area contributed by atoms with E-state index in [1.165, 1.54) is 24.1 Å². The van der Waals surface area contributed by atoms with Gasteiger partial charge in [-0.15, -0.1) is 0 Å². The third kappa shape index (κ3) is 2.87. The number of aromatic nitrogens is 3. The fraction of sp³-hybridized carbons (Fsp3) is 0.250. The molecule has 0 radical (unpaired) electrons. The van der Waals surface area contributed by atoms with Crippen molar-refractivity contribution in [3.8, 4) is 0 Å². The van der Waals surface area contributed by atoms with Gasteiger partial charge in [-0.2, -0.15) is 10.1 Å². The molecule has 2 rings (SSSR count). The van der Waals surface area contributed by atoms with Gasteiger partial charge in [-0.1, -0.05) is 6.07 Å². The molecule has 0 saturated heterocycles. The molecule has 0 atom stereocenters. The number of aromatic carboxylic acids is 1. The van der Waals surface area contributed by atoms with Gasteiger partial charge in [-0.25, -0.2) is 22.6 Å². The number of sulfonamides is 1. The minimum atomic E-state index is -3.95. The van der Waals surface area contributed by atoms with Gasteiger partial charge in [0, 0.05) is 7.05 Å². The number of carboxylic acid groups (broad SMARTS) is 1. The summed E-state index contributed by atoms with van der Waals surface area (Å²) in [5.41, 5.74) is 0.892. The van der Waals surface area contributed by atoms with Crippen molar-refractivity contribution >= 4 is 21.9 Å². The van der Waals surface area contributed by atoms with E-state index in [1.807, 2.05) is 0 Å². The molecule has 0 aliphatic carbocycles. The van der Waals surface area contributed by atoms with E-state index in [0.717, 1.165) is 6.07 Å². The van der Waals surface area contributed by atoms with Crippen molar-refractivity contribution < 1.29 is 18.3 Å². The number of nitrogens with zero attached hydrogens (tertiary/aromatic N) is 3.